The molecule has 0 spiro atoms. The molecule has 2 aromatic carbocycles. The topological polar surface area (TPSA) is 55.4 Å². The van der Waals surface area contributed by atoms with E-state index in [9.17, 15) is 9.59 Å². The summed E-state index contributed by atoms with van der Waals surface area (Å²) in [5, 5.41) is 2.78. The number of ether oxygens (including phenoxy) is 1. The van der Waals surface area contributed by atoms with Crippen LogP contribution in [0.25, 0.3) is 0 Å². The second kappa shape index (κ2) is 6.89. The van der Waals surface area contributed by atoms with Crippen LogP contribution in [-0.4, -0.2) is 19.0 Å². The largest absolute Gasteiger partial charge is 0.465 e. The van der Waals surface area contributed by atoms with E-state index >= 15 is 0 Å². The van der Waals surface area contributed by atoms with Gasteiger partial charge in [0.2, 0.25) is 5.91 Å². The van der Waals surface area contributed by atoms with Crippen LogP contribution in [0.15, 0.2) is 42.5 Å². The third-order valence-corrected chi connectivity index (χ3v) is 3.46. The summed E-state index contributed by atoms with van der Waals surface area (Å²) in [6, 6.07) is 12.8. The van der Waals surface area contributed by atoms with E-state index in [1.165, 1.54) is 7.11 Å². The number of hydrogen-bond donors (Lipinski definition) is 1. The molecule has 4 heteroatoms. The van der Waals surface area contributed by atoms with Crippen molar-refractivity contribution in [2.45, 2.75) is 20.3 Å². The molecule has 0 saturated heterocycles. The van der Waals surface area contributed by atoms with E-state index in [0.717, 1.165) is 16.7 Å². The third-order valence-electron chi connectivity index (χ3n) is 3.46. The van der Waals surface area contributed by atoms with Crippen LogP contribution in [0.5, 0.6) is 0 Å². The number of aryl methyl sites for hydroxylation is 2. The molecule has 0 bridgehead atoms. The number of anilines is 1. The number of esters is 1. The van der Waals surface area contributed by atoms with Crippen LogP contribution in [0.4, 0.5) is 5.69 Å². The van der Waals surface area contributed by atoms with E-state index in [1.807, 2.05) is 32.0 Å². The molecule has 0 aliphatic heterocycles. The van der Waals surface area contributed by atoms with E-state index in [0.29, 0.717) is 11.3 Å². The molecule has 1 N–H and O–H groups in total. The van der Waals surface area contributed by atoms with Crippen LogP contribution in [0, 0.1) is 13.8 Å². The zero-order valence-electron chi connectivity index (χ0n) is 13.0. The molecule has 4 nitrogen and oxygen atoms in total. The summed E-state index contributed by atoms with van der Waals surface area (Å²) in [6.45, 7) is 4.00. The minimum Gasteiger partial charge on any atom is -0.465 e. The van der Waals surface area contributed by atoms with Gasteiger partial charge in [0.15, 0.2) is 0 Å². The van der Waals surface area contributed by atoms with E-state index in [1.54, 1.807) is 24.3 Å². The molecular formula is C18H19NO3. The maximum absolute atomic E-state index is 12.2. The summed E-state index contributed by atoms with van der Waals surface area (Å²) in [4.78, 5) is 23.9. The maximum atomic E-state index is 12.2. The fraction of sp³-hybridized carbons (Fsp3) is 0.222. The van der Waals surface area contributed by atoms with Gasteiger partial charge in [-0.3, -0.25) is 4.79 Å². The van der Waals surface area contributed by atoms with Gasteiger partial charge in [-0.1, -0.05) is 35.9 Å². The SMILES string of the molecule is COC(=O)c1ccccc1NC(=O)Cc1ccc(C)cc1C. The first-order chi connectivity index (χ1) is 10.5. The van der Waals surface area contributed by atoms with Crippen molar-refractivity contribution in [1.82, 2.24) is 0 Å². The average molecular weight is 297 g/mol. The Kier molecular flexibility index (Phi) is 4.94. The van der Waals surface area contributed by atoms with Crippen LogP contribution >= 0.6 is 0 Å². The fourth-order valence-corrected chi connectivity index (χ4v) is 2.29. The Labute approximate surface area is 130 Å². The number of hydrogen-bond acceptors (Lipinski definition) is 3. The number of para-hydroxylation sites is 1. The lowest BCUT2D eigenvalue weighted by Gasteiger charge is -2.11. The number of methoxy groups -OCH3 is 1. The maximum Gasteiger partial charge on any atom is 0.339 e. The van der Waals surface area contributed by atoms with E-state index in [2.05, 4.69) is 5.32 Å². The predicted molar refractivity (Wildman–Crippen MR) is 86.0 cm³/mol. The molecule has 0 radical (unpaired) electrons. The number of carbonyl (C=O) groups excluding carboxylic acids is 2. The smallest absolute Gasteiger partial charge is 0.339 e. The highest BCUT2D eigenvalue weighted by Gasteiger charge is 2.14. The number of rotatable bonds is 4. The highest BCUT2D eigenvalue weighted by atomic mass is 16.5. The van der Waals surface area contributed by atoms with Gasteiger partial charge < -0.3 is 10.1 Å². The first kappa shape index (κ1) is 15.8. The lowest BCUT2D eigenvalue weighted by atomic mass is 10.0. The van der Waals surface area contributed by atoms with Crippen molar-refractivity contribution in [1.29, 1.82) is 0 Å². The summed E-state index contributed by atoms with van der Waals surface area (Å²) in [5.41, 5.74) is 4.02. The molecule has 1 amide bonds. The Morgan fingerprint density at radius 1 is 1.09 bits per heavy atom. The predicted octanol–water partition coefficient (Wildman–Crippen LogP) is 3.27. The Morgan fingerprint density at radius 2 is 1.82 bits per heavy atom. The van der Waals surface area contributed by atoms with E-state index in [-0.39, 0.29) is 12.3 Å². The van der Waals surface area contributed by atoms with Gasteiger partial charge in [-0.25, -0.2) is 4.79 Å². The van der Waals surface area contributed by atoms with Crippen molar-refractivity contribution >= 4 is 17.6 Å². The van der Waals surface area contributed by atoms with Gasteiger partial charge in [-0.15, -0.1) is 0 Å². The Bertz CT molecular complexity index is 707. The molecular weight excluding hydrogens is 278 g/mol. The van der Waals surface area contributed by atoms with Crippen molar-refractivity contribution in [3.63, 3.8) is 0 Å². The number of carbonyl (C=O) groups is 2. The number of benzene rings is 2. The highest BCUT2D eigenvalue weighted by molar-refractivity contribution is 6.01. The monoisotopic (exact) mass is 297 g/mol. The van der Waals surface area contributed by atoms with Gasteiger partial charge >= 0.3 is 5.97 Å². The van der Waals surface area contributed by atoms with Crippen LogP contribution in [0.1, 0.15) is 27.0 Å². The molecule has 0 aliphatic carbocycles. The van der Waals surface area contributed by atoms with Gasteiger partial charge in [0.05, 0.1) is 24.8 Å². The Hall–Kier alpha value is -2.62. The van der Waals surface area contributed by atoms with Crippen LogP contribution in [0.3, 0.4) is 0 Å². The number of amides is 1. The molecule has 2 aromatic rings. The lowest BCUT2D eigenvalue weighted by molar-refractivity contribution is -0.115. The molecule has 0 saturated carbocycles. The van der Waals surface area contributed by atoms with Crippen molar-refractivity contribution in [3.8, 4) is 0 Å². The van der Waals surface area contributed by atoms with Crippen LogP contribution in [-0.2, 0) is 16.0 Å². The summed E-state index contributed by atoms with van der Waals surface area (Å²) in [5.74, 6) is -0.634. The van der Waals surface area contributed by atoms with Crippen LogP contribution in [0.2, 0.25) is 0 Å². The second-order valence-corrected chi connectivity index (χ2v) is 5.19. The van der Waals surface area contributed by atoms with Crippen molar-refractivity contribution in [2.75, 3.05) is 12.4 Å². The molecule has 2 rings (SSSR count). The van der Waals surface area contributed by atoms with Crippen molar-refractivity contribution in [2.24, 2.45) is 0 Å². The van der Waals surface area contributed by atoms with Gasteiger partial charge in [-0.05, 0) is 37.1 Å². The van der Waals surface area contributed by atoms with Crippen molar-refractivity contribution in [3.05, 3.63) is 64.7 Å². The van der Waals surface area contributed by atoms with Crippen molar-refractivity contribution < 1.29 is 14.3 Å². The molecule has 0 aliphatic rings. The first-order valence-electron chi connectivity index (χ1n) is 7.04. The van der Waals surface area contributed by atoms with E-state index in [4.69, 9.17) is 4.74 Å². The minimum atomic E-state index is -0.470. The number of nitrogens with one attached hydrogen (secondary N) is 1. The lowest BCUT2D eigenvalue weighted by Crippen LogP contribution is -2.17. The summed E-state index contributed by atoms with van der Waals surface area (Å²) < 4.78 is 4.72. The Balaban J connectivity index is 2.14. The molecule has 0 fully saturated rings. The molecule has 0 unspecified atom stereocenters. The first-order valence-corrected chi connectivity index (χ1v) is 7.04. The molecule has 0 heterocycles. The Morgan fingerprint density at radius 3 is 2.50 bits per heavy atom. The second-order valence-electron chi connectivity index (χ2n) is 5.19. The molecule has 22 heavy (non-hydrogen) atoms. The summed E-state index contributed by atoms with van der Waals surface area (Å²) >= 11 is 0. The highest BCUT2D eigenvalue weighted by Crippen LogP contribution is 2.17. The molecule has 114 valence electrons. The molecule has 0 aromatic heterocycles. The normalized spacial score (nSPS) is 10.1. The quantitative estimate of drug-likeness (QED) is 0.881. The summed E-state index contributed by atoms with van der Waals surface area (Å²) in [7, 11) is 1.32. The summed E-state index contributed by atoms with van der Waals surface area (Å²) in [6.07, 6.45) is 0.265. The zero-order chi connectivity index (χ0) is 16.1. The third kappa shape index (κ3) is 3.73. The van der Waals surface area contributed by atoms with Gasteiger partial charge in [-0.2, -0.15) is 0 Å². The van der Waals surface area contributed by atoms with Gasteiger partial charge in [0.25, 0.3) is 0 Å². The van der Waals surface area contributed by atoms with Gasteiger partial charge in [0.1, 0.15) is 0 Å². The standard InChI is InChI=1S/C18H19NO3/c1-12-8-9-14(13(2)10-12)11-17(20)19-16-7-5-4-6-15(16)18(21)22-3/h4-10H,11H2,1-3H3,(H,19,20). The van der Waals surface area contributed by atoms with Gasteiger partial charge in [0, 0.05) is 0 Å². The molecule has 0 atom stereocenters. The van der Waals surface area contributed by atoms with E-state index < -0.39 is 5.97 Å². The zero-order valence-corrected chi connectivity index (χ0v) is 13.0. The fourth-order valence-electron chi connectivity index (χ4n) is 2.29. The average Bonchev–Trinajstić information content (AvgIpc) is 2.50. The minimum absolute atomic E-state index is 0.164. The van der Waals surface area contributed by atoms with Crippen LogP contribution < -0.4 is 5.32 Å².